The molecule has 1 aromatic rings. The zero-order valence-corrected chi connectivity index (χ0v) is 18.2. The van der Waals surface area contributed by atoms with Gasteiger partial charge < -0.3 is 10.1 Å². The predicted octanol–water partition coefficient (Wildman–Crippen LogP) is 6.10. The first-order valence-corrected chi connectivity index (χ1v) is 11.2. The van der Waals surface area contributed by atoms with E-state index in [1.54, 1.807) is 13.0 Å². The summed E-state index contributed by atoms with van der Waals surface area (Å²) in [5.41, 5.74) is 0.788. The van der Waals surface area contributed by atoms with Crippen LogP contribution in [-0.2, 0) is 9.53 Å². The number of non-ortho nitro benzene ring substituents is 1. The van der Waals surface area contributed by atoms with Crippen LogP contribution in [0.1, 0.15) is 96.1 Å². The Kier molecular flexibility index (Phi) is 13.8. The van der Waals surface area contributed by atoms with Crippen LogP contribution in [0, 0.1) is 10.1 Å². The summed E-state index contributed by atoms with van der Waals surface area (Å²) < 4.78 is 5.07. The molecular formula is C23H38N2O4. The molecule has 0 bridgehead atoms. The van der Waals surface area contributed by atoms with Crippen LogP contribution in [0.25, 0.3) is 0 Å². The van der Waals surface area contributed by atoms with E-state index < -0.39 is 4.92 Å². The molecule has 0 amide bonds. The van der Waals surface area contributed by atoms with E-state index in [1.807, 2.05) is 6.07 Å². The molecule has 6 nitrogen and oxygen atoms in total. The van der Waals surface area contributed by atoms with E-state index in [0.717, 1.165) is 24.9 Å². The van der Waals surface area contributed by atoms with E-state index in [9.17, 15) is 14.9 Å². The van der Waals surface area contributed by atoms with Crippen LogP contribution in [-0.4, -0.2) is 24.0 Å². The molecule has 164 valence electrons. The minimum atomic E-state index is -0.410. The SMILES string of the molecule is CCCCCCCCCCCCNC(CC(=O)OCC)c1cccc([N+](=O)[O-])c1. The number of carbonyl (C=O) groups is 1. The van der Waals surface area contributed by atoms with Crippen molar-refractivity contribution in [3.05, 3.63) is 39.9 Å². The highest BCUT2D eigenvalue weighted by atomic mass is 16.6. The Hall–Kier alpha value is -1.95. The lowest BCUT2D eigenvalue weighted by Crippen LogP contribution is -2.26. The first kappa shape index (κ1) is 25.1. The molecular weight excluding hydrogens is 368 g/mol. The molecule has 6 heteroatoms. The van der Waals surface area contributed by atoms with E-state index in [1.165, 1.54) is 63.5 Å². The molecule has 0 aromatic heterocycles. The Morgan fingerprint density at radius 3 is 2.24 bits per heavy atom. The number of carbonyl (C=O) groups excluding carboxylic acids is 1. The Balaban J connectivity index is 2.38. The van der Waals surface area contributed by atoms with Crippen molar-refractivity contribution in [1.29, 1.82) is 0 Å². The van der Waals surface area contributed by atoms with E-state index in [4.69, 9.17) is 4.74 Å². The zero-order chi connectivity index (χ0) is 21.3. The number of nitro groups is 1. The maximum absolute atomic E-state index is 12.0. The Bertz CT molecular complexity index is 592. The molecule has 0 aliphatic carbocycles. The molecule has 0 aliphatic rings. The van der Waals surface area contributed by atoms with Gasteiger partial charge in [-0.3, -0.25) is 14.9 Å². The van der Waals surface area contributed by atoms with Crippen LogP contribution >= 0.6 is 0 Å². The molecule has 1 unspecified atom stereocenters. The number of esters is 1. The first-order valence-electron chi connectivity index (χ1n) is 11.2. The van der Waals surface area contributed by atoms with Gasteiger partial charge in [0.2, 0.25) is 0 Å². The Morgan fingerprint density at radius 1 is 1.03 bits per heavy atom. The topological polar surface area (TPSA) is 81.5 Å². The summed E-state index contributed by atoms with van der Waals surface area (Å²) in [5, 5.41) is 14.4. The van der Waals surface area contributed by atoms with Crippen molar-refractivity contribution in [2.45, 2.75) is 90.5 Å². The van der Waals surface area contributed by atoms with Crippen molar-refractivity contribution in [1.82, 2.24) is 5.32 Å². The average molecular weight is 407 g/mol. The average Bonchev–Trinajstić information content (AvgIpc) is 2.71. The first-order chi connectivity index (χ1) is 14.1. The third-order valence-electron chi connectivity index (χ3n) is 5.08. The summed E-state index contributed by atoms with van der Waals surface area (Å²) in [6.45, 7) is 5.13. The molecule has 0 aliphatic heterocycles. The largest absolute Gasteiger partial charge is 0.466 e. The smallest absolute Gasteiger partial charge is 0.307 e. The van der Waals surface area contributed by atoms with Crippen LogP contribution in [0.3, 0.4) is 0 Å². The molecule has 1 atom stereocenters. The van der Waals surface area contributed by atoms with Crippen LogP contribution in [0.5, 0.6) is 0 Å². The summed E-state index contributed by atoms with van der Waals surface area (Å²) in [6.07, 6.45) is 12.9. The lowest BCUT2D eigenvalue weighted by molar-refractivity contribution is -0.384. The van der Waals surface area contributed by atoms with E-state index in [0.29, 0.717) is 6.61 Å². The summed E-state index contributed by atoms with van der Waals surface area (Å²) in [7, 11) is 0. The van der Waals surface area contributed by atoms with Crippen molar-refractivity contribution in [2.24, 2.45) is 0 Å². The molecule has 0 heterocycles. The van der Waals surface area contributed by atoms with Gasteiger partial charge in [-0.15, -0.1) is 0 Å². The van der Waals surface area contributed by atoms with E-state index >= 15 is 0 Å². The highest BCUT2D eigenvalue weighted by molar-refractivity contribution is 5.70. The van der Waals surface area contributed by atoms with Gasteiger partial charge in [-0.2, -0.15) is 0 Å². The standard InChI is InChI=1S/C23H38N2O4/c1-3-5-6-7-8-9-10-11-12-13-17-24-22(19-23(26)29-4-2)20-15-14-16-21(18-20)25(27)28/h14-16,18,22,24H,3-13,17,19H2,1-2H3. The number of hydrogen-bond donors (Lipinski definition) is 1. The fourth-order valence-electron chi connectivity index (χ4n) is 3.44. The van der Waals surface area contributed by atoms with Crippen LogP contribution in [0.2, 0.25) is 0 Å². The van der Waals surface area contributed by atoms with Crippen LogP contribution in [0.4, 0.5) is 5.69 Å². The van der Waals surface area contributed by atoms with Crippen LogP contribution in [0.15, 0.2) is 24.3 Å². The number of nitro benzene ring substituents is 1. The maximum Gasteiger partial charge on any atom is 0.307 e. The van der Waals surface area contributed by atoms with Gasteiger partial charge in [-0.25, -0.2) is 0 Å². The fraction of sp³-hybridized carbons (Fsp3) is 0.696. The van der Waals surface area contributed by atoms with Gasteiger partial charge in [0.1, 0.15) is 0 Å². The molecule has 0 spiro atoms. The highest BCUT2D eigenvalue weighted by Crippen LogP contribution is 2.22. The summed E-state index contributed by atoms with van der Waals surface area (Å²) in [5.74, 6) is -0.292. The van der Waals surface area contributed by atoms with E-state index in [2.05, 4.69) is 12.2 Å². The van der Waals surface area contributed by atoms with Crippen molar-refractivity contribution in [3.8, 4) is 0 Å². The van der Waals surface area contributed by atoms with Crippen molar-refractivity contribution in [3.63, 3.8) is 0 Å². The lowest BCUT2D eigenvalue weighted by Gasteiger charge is -2.18. The third-order valence-corrected chi connectivity index (χ3v) is 5.08. The van der Waals surface area contributed by atoms with Gasteiger partial charge in [-0.1, -0.05) is 76.8 Å². The Labute approximate surface area is 175 Å². The predicted molar refractivity (Wildman–Crippen MR) is 117 cm³/mol. The summed E-state index contributed by atoms with van der Waals surface area (Å²) in [4.78, 5) is 22.6. The van der Waals surface area contributed by atoms with Crippen LogP contribution < -0.4 is 5.32 Å². The number of nitrogens with one attached hydrogen (secondary N) is 1. The summed E-state index contributed by atoms with van der Waals surface area (Å²) >= 11 is 0. The minimum Gasteiger partial charge on any atom is -0.466 e. The van der Waals surface area contributed by atoms with Gasteiger partial charge in [0, 0.05) is 18.2 Å². The number of unbranched alkanes of at least 4 members (excludes halogenated alkanes) is 9. The normalized spacial score (nSPS) is 11.9. The monoisotopic (exact) mass is 406 g/mol. The van der Waals surface area contributed by atoms with Crippen molar-refractivity contribution >= 4 is 11.7 Å². The fourth-order valence-corrected chi connectivity index (χ4v) is 3.44. The summed E-state index contributed by atoms with van der Waals surface area (Å²) in [6, 6.07) is 6.21. The molecule has 29 heavy (non-hydrogen) atoms. The molecule has 0 radical (unpaired) electrons. The van der Waals surface area contributed by atoms with Gasteiger partial charge in [0.05, 0.1) is 18.0 Å². The van der Waals surface area contributed by atoms with Crippen molar-refractivity contribution < 1.29 is 14.5 Å². The van der Waals surface area contributed by atoms with Gasteiger partial charge >= 0.3 is 5.97 Å². The molecule has 0 saturated heterocycles. The molecule has 0 saturated carbocycles. The molecule has 0 fully saturated rings. The zero-order valence-electron chi connectivity index (χ0n) is 18.2. The second-order valence-corrected chi connectivity index (χ2v) is 7.55. The van der Waals surface area contributed by atoms with E-state index in [-0.39, 0.29) is 24.1 Å². The van der Waals surface area contributed by atoms with Gasteiger partial charge in [-0.05, 0) is 25.5 Å². The Morgan fingerprint density at radius 2 is 1.66 bits per heavy atom. The second-order valence-electron chi connectivity index (χ2n) is 7.55. The van der Waals surface area contributed by atoms with Gasteiger partial charge in [0.25, 0.3) is 5.69 Å². The lowest BCUT2D eigenvalue weighted by atomic mass is 10.0. The number of hydrogen-bond acceptors (Lipinski definition) is 5. The minimum absolute atomic E-state index is 0.0390. The highest BCUT2D eigenvalue weighted by Gasteiger charge is 2.18. The molecule has 1 aromatic carbocycles. The third kappa shape index (κ3) is 11.6. The van der Waals surface area contributed by atoms with Gasteiger partial charge in [0.15, 0.2) is 0 Å². The number of benzene rings is 1. The number of nitrogens with zero attached hydrogens (tertiary/aromatic N) is 1. The van der Waals surface area contributed by atoms with Crippen molar-refractivity contribution in [2.75, 3.05) is 13.2 Å². The maximum atomic E-state index is 12.0. The second kappa shape index (κ2) is 15.9. The number of ether oxygens (including phenoxy) is 1. The quantitative estimate of drug-likeness (QED) is 0.146. The number of rotatable bonds is 17. The molecule has 1 rings (SSSR count). The molecule has 1 N–H and O–H groups in total.